The monoisotopic (exact) mass is 353 g/mol. The van der Waals surface area contributed by atoms with Gasteiger partial charge in [0.15, 0.2) is 0 Å². The summed E-state index contributed by atoms with van der Waals surface area (Å²) in [6, 6.07) is 5.04. The summed E-state index contributed by atoms with van der Waals surface area (Å²) in [7, 11) is 0. The van der Waals surface area contributed by atoms with E-state index in [1.54, 1.807) is 0 Å². The van der Waals surface area contributed by atoms with E-state index in [0.717, 1.165) is 30.3 Å². The van der Waals surface area contributed by atoms with Gasteiger partial charge in [-0.25, -0.2) is 8.78 Å². The van der Waals surface area contributed by atoms with E-state index in [9.17, 15) is 32.9 Å². The van der Waals surface area contributed by atoms with Crippen molar-refractivity contribution in [1.82, 2.24) is 5.32 Å². The first-order chi connectivity index (χ1) is 11.8. The van der Waals surface area contributed by atoms with E-state index in [1.807, 2.05) is 0 Å². The van der Waals surface area contributed by atoms with Gasteiger partial charge in [0.1, 0.15) is 11.6 Å². The highest BCUT2D eigenvalue weighted by molar-refractivity contribution is 5.99. The maximum atomic E-state index is 13.4. The summed E-state index contributed by atoms with van der Waals surface area (Å²) in [6.07, 6.45) is 0. The third kappa shape index (κ3) is 4.53. The molecule has 25 heavy (non-hydrogen) atoms. The van der Waals surface area contributed by atoms with Gasteiger partial charge in [-0.1, -0.05) is 0 Å². The lowest BCUT2D eigenvalue weighted by atomic mass is 10.2. The Morgan fingerprint density at radius 2 is 1.76 bits per heavy atom. The Morgan fingerprint density at radius 1 is 1.04 bits per heavy atom. The summed E-state index contributed by atoms with van der Waals surface area (Å²) in [4.78, 5) is 33.1. The maximum absolute atomic E-state index is 13.4. The molecule has 2 aromatic carbocycles. The topological polar surface area (TPSA) is 101 Å². The normalized spacial score (nSPS) is 10.2. The summed E-state index contributed by atoms with van der Waals surface area (Å²) < 4.78 is 39.4. The van der Waals surface area contributed by atoms with E-state index < -0.39 is 52.0 Å². The largest absolute Gasteiger partial charge is 0.343 e. The molecule has 0 atom stereocenters. The SMILES string of the molecule is O=C(CNC(=O)c1ccc(F)cc1F)Nc1ccc(F)c([N+](=O)[O-])c1. The number of halogens is 3. The van der Waals surface area contributed by atoms with Gasteiger partial charge in [-0.3, -0.25) is 19.7 Å². The molecule has 0 saturated carbocycles. The molecule has 2 amide bonds. The highest BCUT2D eigenvalue weighted by Crippen LogP contribution is 2.21. The van der Waals surface area contributed by atoms with Crippen LogP contribution in [0.4, 0.5) is 24.5 Å². The van der Waals surface area contributed by atoms with Crippen molar-refractivity contribution in [3.8, 4) is 0 Å². The van der Waals surface area contributed by atoms with Gasteiger partial charge >= 0.3 is 5.69 Å². The van der Waals surface area contributed by atoms with Crippen LogP contribution < -0.4 is 10.6 Å². The van der Waals surface area contributed by atoms with Crippen LogP contribution in [0.25, 0.3) is 0 Å². The number of anilines is 1. The number of rotatable bonds is 5. The molecule has 2 N–H and O–H groups in total. The van der Waals surface area contributed by atoms with E-state index >= 15 is 0 Å². The van der Waals surface area contributed by atoms with Crippen LogP contribution in [-0.4, -0.2) is 23.3 Å². The van der Waals surface area contributed by atoms with Crippen molar-refractivity contribution in [2.45, 2.75) is 0 Å². The lowest BCUT2D eigenvalue weighted by molar-refractivity contribution is -0.387. The highest BCUT2D eigenvalue weighted by atomic mass is 19.1. The molecule has 0 aliphatic carbocycles. The summed E-state index contributed by atoms with van der Waals surface area (Å²) in [5, 5.41) is 14.9. The fourth-order valence-corrected chi connectivity index (χ4v) is 1.86. The van der Waals surface area contributed by atoms with E-state index in [1.165, 1.54) is 0 Å². The average molecular weight is 353 g/mol. The lowest BCUT2D eigenvalue weighted by Crippen LogP contribution is -2.33. The van der Waals surface area contributed by atoms with E-state index in [2.05, 4.69) is 10.6 Å². The summed E-state index contributed by atoms with van der Waals surface area (Å²) in [5.41, 5.74) is -1.33. The van der Waals surface area contributed by atoms with Crippen molar-refractivity contribution >= 4 is 23.2 Å². The predicted molar refractivity (Wildman–Crippen MR) is 80.4 cm³/mol. The molecule has 0 saturated heterocycles. The molecular formula is C15H10F3N3O4. The quantitative estimate of drug-likeness (QED) is 0.636. The molecule has 130 valence electrons. The predicted octanol–water partition coefficient (Wildman–Crippen LogP) is 2.38. The van der Waals surface area contributed by atoms with Crippen LogP contribution in [0.1, 0.15) is 10.4 Å². The Labute approximate surface area is 138 Å². The Hall–Kier alpha value is -3.43. The van der Waals surface area contributed by atoms with E-state index in [-0.39, 0.29) is 5.69 Å². The number of nitrogens with zero attached hydrogens (tertiary/aromatic N) is 1. The Bertz CT molecular complexity index is 858. The number of hydrogen-bond acceptors (Lipinski definition) is 4. The molecule has 0 fully saturated rings. The summed E-state index contributed by atoms with van der Waals surface area (Å²) >= 11 is 0. The maximum Gasteiger partial charge on any atom is 0.306 e. The first kappa shape index (κ1) is 17.9. The van der Waals surface area contributed by atoms with Gasteiger partial charge in [-0.15, -0.1) is 0 Å². The van der Waals surface area contributed by atoms with Crippen LogP contribution in [0.3, 0.4) is 0 Å². The van der Waals surface area contributed by atoms with Gasteiger partial charge in [0.2, 0.25) is 11.7 Å². The second-order valence-electron chi connectivity index (χ2n) is 4.78. The zero-order chi connectivity index (χ0) is 18.6. The van der Waals surface area contributed by atoms with Crippen LogP contribution in [-0.2, 0) is 4.79 Å². The summed E-state index contributed by atoms with van der Waals surface area (Å²) in [5.74, 6) is -4.74. The third-order valence-corrected chi connectivity index (χ3v) is 3.01. The smallest absolute Gasteiger partial charge is 0.306 e. The minimum Gasteiger partial charge on any atom is -0.343 e. The molecule has 0 bridgehead atoms. The van der Waals surface area contributed by atoms with Gasteiger partial charge in [0.25, 0.3) is 5.91 Å². The van der Waals surface area contributed by atoms with E-state index in [4.69, 9.17) is 0 Å². The van der Waals surface area contributed by atoms with Crippen LogP contribution in [0, 0.1) is 27.6 Å². The van der Waals surface area contributed by atoms with Gasteiger partial charge in [-0.2, -0.15) is 4.39 Å². The zero-order valence-electron chi connectivity index (χ0n) is 12.4. The number of nitro groups is 1. The first-order valence-corrected chi connectivity index (χ1v) is 6.75. The molecule has 0 aliphatic rings. The van der Waals surface area contributed by atoms with Gasteiger partial charge < -0.3 is 10.6 Å². The Kier molecular flexibility index (Phi) is 5.32. The molecule has 2 aromatic rings. The first-order valence-electron chi connectivity index (χ1n) is 6.75. The number of carbonyl (C=O) groups is 2. The van der Waals surface area contributed by atoms with Crippen molar-refractivity contribution in [2.24, 2.45) is 0 Å². The van der Waals surface area contributed by atoms with Crippen molar-refractivity contribution in [3.05, 3.63) is 69.5 Å². The minimum atomic E-state index is -1.09. The molecule has 0 radical (unpaired) electrons. The van der Waals surface area contributed by atoms with Gasteiger partial charge in [0.05, 0.1) is 17.0 Å². The van der Waals surface area contributed by atoms with Crippen LogP contribution in [0.2, 0.25) is 0 Å². The number of nitrogens with one attached hydrogen (secondary N) is 2. The Balaban J connectivity index is 1.98. The van der Waals surface area contributed by atoms with Crippen LogP contribution >= 0.6 is 0 Å². The average Bonchev–Trinajstić information content (AvgIpc) is 2.54. The fourth-order valence-electron chi connectivity index (χ4n) is 1.86. The molecule has 10 heteroatoms. The number of carbonyl (C=O) groups excluding carboxylic acids is 2. The van der Waals surface area contributed by atoms with Gasteiger partial charge in [-0.05, 0) is 24.3 Å². The molecule has 0 aliphatic heterocycles. The molecule has 2 rings (SSSR count). The highest BCUT2D eigenvalue weighted by Gasteiger charge is 2.16. The van der Waals surface area contributed by atoms with E-state index in [0.29, 0.717) is 6.07 Å². The molecule has 0 aromatic heterocycles. The number of nitro benzene ring substituents is 1. The van der Waals surface area contributed by atoms with Crippen LogP contribution in [0.15, 0.2) is 36.4 Å². The molecule has 7 nitrogen and oxygen atoms in total. The lowest BCUT2D eigenvalue weighted by Gasteiger charge is -2.08. The summed E-state index contributed by atoms with van der Waals surface area (Å²) in [6.45, 7) is -0.583. The fraction of sp³-hybridized carbons (Fsp3) is 0.0667. The molecular weight excluding hydrogens is 343 g/mol. The molecule has 0 unspecified atom stereocenters. The molecule has 0 heterocycles. The zero-order valence-corrected chi connectivity index (χ0v) is 12.4. The van der Waals surface area contributed by atoms with Crippen molar-refractivity contribution in [2.75, 3.05) is 11.9 Å². The second-order valence-corrected chi connectivity index (χ2v) is 4.78. The Morgan fingerprint density at radius 3 is 2.40 bits per heavy atom. The van der Waals surface area contributed by atoms with Crippen molar-refractivity contribution in [3.63, 3.8) is 0 Å². The van der Waals surface area contributed by atoms with Gasteiger partial charge in [0, 0.05) is 17.8 Å². The van der Waals surface area contributed by atoms with Crippen LogP contribution in [0.5, 0.6) is 0 Å². The molecule has 0 spiro atoms. The van der Waals surface area contributed by atoms with Crippen molar-refractivity contribution in [1.29, 1.82) is 0 Å². The number of hydrogen-bond donors (Lipinski definition) is 2. The third-order valence-electron chi connectivity index (χ3n) is 3.01. The standard InChI is InChI=1S/C15H10F3N3O4/c16-8-1-3-10(12(18)5-8)15(23)19-7-14(22)20-9-2-4-11(17)13(6-9)21(24)25/h1-6H,7H2,(H,19,23)(H,20,22). The second kappa shape index (κ2) is 7.43. The minimum absolute atomic E-state index is 0.0553. The number of benzene rings is 2. The number of amides is 2. The van der Waals surface area contributed by atoms with Crippen molar-refractivity contribution < 1.29 is 27.7 Å².